The Bertz CT molecular complexity index is 401. The van der Waals surface area contributed by atoms with Crippen LogP contribution in [0.2, 0.25) is 0 Å². The number of halogens is 1. The Morgan fingerprint density at radius 2 is 2.18 bits per heavy atom. The van der Waals surface area contributed by atoms with Crippen LogP contribution in [0.4, 0.5) is 0 Å². The molecule has 2 rings (SSSR count). The van der Waals surface area contributed by atoms with Gasteiger partial charge in [0.2, 0.25) is 0 Å². The Kier molecular flexibility index (Phi) is 3.79. The molecule has 3 heteroatoms. The van der Waals surface area contributed by atoms with Gasteiger partial charge in [0, 0.05) is 6.61 Å². The van der Waals surface area contributed by atoms with Crippen molar-refractivity contribution in [1.82, 2.24) is 0 Å². The number of ether oxygens (including phenoxy) is 1. The summed E-state index contributed by atoms with van der Waals surface area (Å²) < 4.78 is 6.20. The van der Waals surface area contributed by atoms with Crippen LogP contribution in [0.1, 0.15) is 25.3 Å². The SMILES string of the molecule is COc1ccc(CC(C)(CO)C2CC2)cc1Br. The van der Waals surface area contributed by atoms with E-state index in [1.807, 2.05) is 6.07 Å². The first kappa shape index (κ1) is 12.9. The standard InChI is InChI=1S/C14H19BrO2/c1-14(9-16,11-4-5-11)8-10-3-6-13(17-2)12(15)7-10/h3,6-7,11,16H,4-5,8-9H2,1-2H3. The molecule has 0 heterocycles. The fourth-order valence-corrected chi connectivity index (χ4v) is 2.98. The fourth-order valence-electron chi connectivity index (χ4n) is 2.40. The summed E-state index contributed by atoms with van der Waals surface area (Å²) in [4.78, 5) is 0. The minimum Gasteiger partial charge on any atom is -0.496 e. The average Bonchev–Trinajstić information content (AvgIpc) is 3.13. The van der Waals surface area contributed by atoms with Gasteiger partial charge >= 0.3 is 0 Å². The van der Waals surface area contributed by atoms with Gasteiger partial charge < -0.3 is 9.84 Å². The largest absolute Gasteiger partial charge is 0.496 e. The van der Waals surface area contributed by atoms with Gasteiger partial charge in [-0.05, 0) is 64.2 Å². The molecule has 1 fully saturated rings. The number of benzene rings is 1. The van der Waals surface area contributed by atoms with Crippen LogP contribution in [0, 0.1) is 11.3 Å². The summed E-state index contributed by atoms with van der Waals surface area (Å²) in [6, 6.07) is 6.15. The van der Waals surface area contributed by atoms with E-state index < -0.39 is 0 Å². The van der Waals surface area contributed by atoms with E-state index in [1.165, 1.54) is 18.4 Å². The van der Waals surface area contributed by atoms with E-state index in [-0.39, 0.29) is 12.0 Å². The number of rotatable bonds is 5. The third kappa shape index (κ3) is 2.83. The quantitative estimate of drug-likeness (QED) is 0.903. The van der Waals surface area contributed by atoms with Crippen molar-refractivity contribution in [2.75, 3.05) is 13.7 Å². The third-order valence-corrected chi connectivity index (χ3v) is 4.37. The van der Waals surface area contributed by atoms with E-state index in [0.29, 0.717) is 5.92 Å². The molecule has 1 unspecified atom stereocenters. The summed E-state index contributed by atoms with van der Waals surface area (Å²) in [5.41, 5.74) is 1.29. The molecule has 1 atom stereocenters. The summed E-state index contributed by atoms with van der Waals surface area (Å²) in [5, 5.41) is 9.59. The first-order valence-corrected chi connectivity index (χ1v) is 6.81. The first-order chi connectivity index (χ1) is 8.09. The van der Waals surface area contributed by atoms with Gasteiger partial charge in [-0.15, -0.1) is 0 Å². The Labute approximate surface area is 111 Å². The summed E-state index contributed by atoms with van der Waals surface area (Å²) in [5.74, 6) is 1.54. The van der Waals surface area contributed by atoms with Crippen LogP contribution in [0.25, 0.3) is 0 Å². The van der Waals surface area contributed by atoms with E-state index in [0.717, 1.165) is 16.6 Å². The minimum atomic E-state index is 0.0357. The van der Waals surface area contributed by atoms with Crippen molar-refractivity contribution < 1.29 is 9.84 Å². The van der Waals surface area contributed by atoms with E-state index in [4.69, 9.17) is 4.74 Å². The Morgan fingerprint density at radius 3 is 2.65 bits per heavy atom. The maximum absolute atomic E-state index is 9.59. The molecule has 0 radical (unpaired) electrons. The van der Waals surface area contributed by atoms with E-state index in [1.54, 1.807) is 7.11 Å². The minimum absolute atomic E-state index is 0.0357. The lowest BCUT2D eigenvalue weighted by molar-refractivity contribution is 0.119. The molecule has 1 saturated carbocycles. The van der Waals surface area contributed by atoms with E-state index in [2.05, 4.69) is 35.0 Å². The van der Waals surface area contributed by atoms with Gasteiger partial charge in [-0.1, -0.05) is 13.0 Å². The van der Waals surface area contributed by atoms with Gasteiger partial charge in [0.25, 0.3) is 0 Å². The number of aliphatic hydroxyl groups is 1. The van der Waals surface area contributed by atoms with Crippen molar-refractivity contribution in [3.63, 3.8) is 0 Å². The molecule has 1 aliphatic carbocycles. The second kappa shape index (κ2) is 4.99. The van der Waals surface area contributed by atoms with E-state index >= 15 is 0 Å². The van der Waals surface area contributed by atoms with Crippen LogP contribution in [-0.2, 0) is 6.42 Å². The first-order valence-electron chi connectivity index (χ1n) is 6.02. The number of hydrogen-bond acceptors (Lipinski definition) is 2. The van der Waals surface area contributed by atoms with Crippen molar-refractivity contribution in [2.45, 2.75) is 26.2 Å². The Morgan fingerprint density at radius 1 is 1.47 bits per heavy atom. The number of methoxy groups -OCH3 is 1. The highest BCUT2D eigenvalue weighted by molar-refractivity contribution is 9.10. The van der Waals surface area contributed by atoms with Crippen LogP contribution >= 0.6 is 15.9 Å². The molecule has 94 valence electrons. The maximum atomic E-state index is 9.59. The predicted molar refractivity (Wildman–Crippen MR) is 72.3 cm³/mol. The molecule has 0 saturated heterocycles. The molecule has 0 aliphatic heterocycles. The van der Waals surface area contributed by atoms with Gasteiger partial charge in [-0.2, -0.15) is 0 Å². The van der Waals surface area contributed by atoms with E-state index in [9.17, 15) is 5.11 Å². The van der Waals surface area contributed by atoms with Crippen LogP contribution in [-0.4, -0.2) is 18.8 Å². The molecule has 0 amide bonds. The molecule has 17 heavy (non-hydrogen) atoms. The average molecular weight is 299 g/mol. The number of aliphatic hydroxyl groups excluding tert-OH is 1. The fraction of sp³-hybridized carbons (Fsp3) is 0.571. The summed E-state index contributed by atoms with van der Waals surface area (Å²) >= 11 is 3.50. The van der Waals surface area contributed by atoms with Crippen molar-refractivity contribution in [1.29, 1.82) is 0 Å². The van der Waals surface area contributed by atoms with Gasteiger partial charge in [0.15, 0.2) is 0 Å². The summed E-state index contributed by atoms with van der Waals surface area (Å²) in [7, 11) is 1.67. The molecule has 0 spiro atoms. The van der Waals surface area contributed by atoms with Crippen molar-refractivity contribution in [2.24, 2.45) is 11.3 Å². The Hall–Kier alpha value is -0.540. The van der Waals surface area contributed by atoms with Crippen molar-refractivity contribution in [3.8, 4) is 5.75 Å². The van der Waals surface area contributed by atoms with Crippen LogP contribution in [0.5, 0.6) is 5.75 Å². The molecular weight excluding hydrogens is 280 g/mol. The molecular formula is C14H19BrO2. The second-order valence-corrected chi connectivity index (χ2v) is 6.09. The molecule has 1 aromatic rings. The highest BCUT2D eigenvalue weighted by Crippen LogP contribution is 2.47. The zero-order chi connectivity index (χ0) is 12.5. The monoisotopic (exact) mass is 298 g/mol. The number of hydrogen-bond donors (Lipinski definition) is 1. The van der Waals surface area contributed by atoms with Crippen molar-refractivity contribution in [3.05, 3.63) is 28.2 Å². The highest BCUT2D eigenvalue weighted by Gasteiger charge is 2.40. The van der Waals surface area contributed by atoms with Gasteiger partial charge in [-0.3, -0.25) is 0 Å². The molecule has 2 nitrogen and oxygen atoms in total. The molecule has 1 N–H and O–H groups in total. The van der Waals surface area contributed by atoms with Crippen LogP contribution in [0.3, 0.4) is 0 Å². The normalized spacial score (nSPS) is 18.8. The van der Waals surface area contributed by atoms with Crippen LogP contribution in [0.15, 0.2) is 22.7 Å². The topological polar surface area (TPSA) is 29.5 Å². The summed E-state index contributed by atoms with van der Waals surface area (Å²) in [6.07, 6.45) is 3.44. The molecule has 1 aromatic carbocycles. The molecule has 0 bridgehead atoms. The smallest absolute Gasteiger partial charge is 0.133 e. The predicted octanol–water partition coefficient (Wildman–Crippen LogP) is 3.41. The maximum Gasteiger partial charge on any atom is 0.133 e. The zero-order valence-electron chi connectivity index (χ0n) is 10.4. The second-order valence-electron chi connectivity index (χ2n) is 5.23. The van der Waals surface area contributed by atoms with Gasteiger partial charge in [0.1, 0.15) is 5.75 Å². The zero-order valence-corrected chi connectivity index (χ0v) is 12.0. The lowest BCUT2D eigenvalue weighted by Crippen LogP contribution is -2.26. The van der Waals surface area contributed by atoms with Gasteiger partial charge in [-0.25, -0.2) is 0 Å². The third-order valence-electron chi connectivity index (χ3n) is 3.75. The molecule has 0 aromatic heterocycles. The van der Waals surface area contributed by atoms with Crippen molar-refractivity contribution >= 4 is 15.9 Å². The lowest BCUT2D eigenvalue weighted by atomic mass is 9.80. The highest BCUT2D eigenvalue weighted by atomic mass is 79.9. The Balaban J connectivity index is 2.15. The lowest BCUT2D eigenvalue weighted by Gasteiger charge is -2.27. The van der Waals surface area contributed by atoms with Gasteiger partial charge in [0.05, 0.1) is 11.6 Å². The van der Waals surface area contributed by atoms with Crippen LogP contribution < -0.4 is 4.74 Å². The summed E-state index contributed by atoms with van der Waals surface area (Å²) in [6.45, 7) is 2.45. The molecule has 1 aliphatic rings.